The summed E-state index contributed by atoms with van der Waals surface area (Å²) >= 11 is 2.53. The van der Waals surface area contributed by atoms with Crippen LogP contribution in [0.5, 0.6) is 0 Å². The van der Waals surface area contributed by atoms with Gasteiger partial charge in [0.15, 0.2) is 0 Å². The highest BCUT2D eigenvalue weighted by molar-refractivity contribution is 14.1. The van der Waals surface area contributed by atoms with E-state index in [1.807, 2.05) is 0 Å². The summed E-state index contributed by atoms with van der Waals surface area (Å²) < 4.78 is 6.59. The molecule has 12 heavy (non-hydrogen) atoms. The first-order valence-electron chi connectivity index (χ1n) is 4.96. The molecule has 0 aromatic carbocycles. The van der Waals surface area contributed by atoms with Gasteiger partial charge in [-0.05, 0) is 31.6 Å². The molecule has 0 radical (unpaired) electrons. The van der Waals surface area contributed by atoms with Crippen LogP contribution in [0, 0.1) is 5.92 Å². The van der Waals surface area contributed by atoms with E-state index < -0.39 is 0 Å². The lowest BCUT2D eigenvalue weighted by molar-refractivity contribution is 0.0570. The lowest BCUT2D eigenvalue weighted by atomic mass is 10.1. The van der Waals surface area contributed by atoms with Crippen LogP contribution in [-0.2, 0) is 4.74 Å². The lowest BCUT2D eigenvalue weighted by Crippen LogP contribution is -2.18. The first-order chi connectivity index (χ1) is 5.70. The van der Waals surface area contributed by atoms with Crippen molar-refractivity contribution in [2.75, 3.05) is 6.61 Å². The Hall–Kier alpha value is 0.690. The van der Waals surface area contributed by atoms with Crippen molar-refractivity contribution >= 4 is 22.6 Å². The monoisotopic (exact) mass is 282 g/mol. The van der Waals surface area contributed by atoms with Crippen LogP contribution in [0.4, 0.5) is 0 Å². The second-order valence-electron chi connectivity index (χ2n) is 4.04. The third-order valence-electron chi connectivity index (χ3n) is 2.40. The molecule has 2 atom stereocenters. The van der Waals surface area contributed by atoms with E-state index in [4.69, 9.17) is 4.74 Å². The van der Waals surface area contributed by atoms with Gasteiger partial charge >= 0.3 is 0 Å². The summed E-state index contributed by atoms with van der Waals surface area (Å²) in [4.78, 5) is 0. The molecule has 1 nitrogen and oxygen atoms in total. The van der Waals surface area contributed by atoms with E-state index in [0.29, 0.717) is 6.10 Å². The summed E-state index contributed by atoms with van der Waals surface area (Å²) in [6, 6.07) is 0. The zero-order chi connectivity index (χ0) is 8.97. The summed E-state index contributed by atoms with van der Waals surface area (Å²) in [6.07, 6.45) is 5.77. The van der Waals surface area contributed by atoms with Crippen LogP contribution in [0.15, 0.2) is 0 Å². The number of rotatable bonds is 4. The summed E-state index contributed by atoms with van der Waals surface area (Å²) in [7, 11) is 0. The smallest absolute Gasteiger partial charge is 0.0692 e. The van der Waals surface area contributed by atoms with Crippen LogP contribution >= 0.6 is 22.6 Å². The maximum Gasteiger partial charge on any atom is 0.0692 e. The molecule has 0 amide bonds. The van der Waals surface area contributed by atoms with E-state index in [0.717, 1.165) is 16.4 Å². The Labute approximate surface area is 89.4 Å². The molecule has 0 saturated heterocycles. The fraction of sp³-hybridized carbons (Fsp3) is 1.00. The fourth-order valence-electron chi connectivity index (χ4n) is 1.52. The van der Waals surface area contributed by atoms with Gasteiger partial charge in [-0.25, -0.2) is 0 Å². The highest BCUT2D eigenvalue weighted by atomic mass is 127. The third-order valence-corrected chi connectivity index (χ3v) is 3.82. The molecule has 72 valence electrons. The second-order valence-corrected chi connectivity index (χ2v) is 5.64. The number of hydrogen-bond acceptors (Lipinski definition) is 1. The van der Waals surface area contributed by atoms with Crippen molar-refractivity contribution in [3.8, 4) is 0 Å². The SMILES string of the molecule is CC(C)CCOC1CCCC1I. The Morgan fingerprint density at radius 3 is 2.67 bits per heavy atom. The molecule has 0 aromatic heterocycles. The maximum atomic E-state index is 5.82. The summed E-state index contributed by atoms with van der Waals surface area (Å²) in [5, 5.41) is 0. The van der Waals surface area contributed by atoms with Gasteiger partial charge in [0.1, 0.15) is 0 Å². The van der Waals surface area contributed by atoms with Crippen LogP contribution in [-0.4, -0.2) is 16.6 Å². The van der Waals surface area contributed by atoms with Gasteiger partial charge in [-0.2, -0.15) is 0 Å². The molecular weight excluding hydrogens is 263 g/mol. The standard InChI is InChI=1S/C10H19IO/c1-8(2)6-7-12-10-5-3-4-9(10)11/h8-10H,3-7H2,1-2H3. The zero-order valence-electron chi connectivity index (χ0n) is 8.05. The second kappa shape index (κ2) is 5.43. The van der Waals surface area contributed by atoms with Crippen molar-refractivity contribution in [3.05, 3.63) is 0 Å². The van der Waals surface area contributed by atoms with Gasteiger partial charge in [-0.1, -0.05) is 36.4 Å². The molecule has 0 aromatic rings. The Bertz CT molecular complexity index is 125. The van der Waals surface area contributed by atoms with Gasteiger partial charge < -0.3 is 4.74 Å². The number of alkyl halides is 1. The molecule has 1 saturated carbocycles. The van der Waals surface area contributed by atoms with Crippen molar-refractivity contribution in [2.45, 2.75) is 49.6 Å². The van der Waals surface area contributed by atoms with Crippen LogP contribution in [0.25, 0.3) is 0 Å². The van der Waals surface area contributed by atoms with Crippen molar-refractivity contribution < 1.29 is 4.74 Å². The molecule has 0 aliphatic heterocycles. The van der Waals surface area contributed by atoms with E-state index in [2.05, 4.69) is 36.4 Å². The number of ether oxygens (including phenoxy) is 1. The lowest BCUT2D eigenvalue weighted by Gasteiger charge is -2.15. The fourth-order valence-corrected chi connectivity index (χ4v) is 2.53. The topological polar surface area (TPSA) is 9.23 Å². The van der Waals surface area contributed by atoms with Crippen LogP contribution in [0.2, 0.25) is 0 Å². The van der Waals surface area contributed by atoms with Crippen molar-refractivity contribution in [2.24, 2.45) is 5.92 Å². The van der Waals surface area contributed by atoms with E-state index in [1.165, 1.54) is 25.7 Å². The van der Waals surface area contributed by atoms with Crippen molar-refractivity contribution in [1.82, 2.24) is 0 Å². The van der Waals surface area contributed by atoms with E-state index in [1.54, 1.807) is 0 Å². The Morgan fingerprint density at radius 1 is 1.42 bits per heavy atom. The molecule has 0 heterocycles. The number of hydrogen-bond donors (Lipinski definition) is 0. The first-order valence-corrected chi connectivity index (χ1v) is 6.20. The minimum atomic E-state index is 0.560. The maximum absolute atomic E-state index is 5.82. The molecule has 1 aliphatic carbocycles. The van der Waals surface area contributed by atoms with E-state index >= 15 is 0 Å². The van der Waals surface area contributed by atoms with Crippen LogP contribution in [0.3, 0.4) is 0 Å². The van der Waals surface area contributed by atoms with Gasteiger partial charge in [-0.3, -0.25) is 0 Å². The predicted octanol–water partition coefficient (Wildman–Crippen LogP) is 3.41. The van der Waals surface area contributed by atoms with Crippen molar-refractivity contribution in [3.63, 3.8) is 0 Å². The minimum Gasteiger partial charge on any atom is -0.377 e. The third kappa shape index (κ3) is 3.60. The predicted molar refractivity (Wildman–Crippen MR) is 60.9 cm³/mol. The minimum absolute atomic E-state index is 0.560. The molecule has 1 aliphatic rings. The summed E-state index contributed by atoms with van der Waals surface area (Å²) in [6.45, 7) is 5.46. The quantitative estimate of drug-likeness (QED) is 0.567. The molecule has 0 spiro atoms. The molecular formula is C10H19IO. The highest BCUT2D eigenvalue weighted by Gasteiger charge is 2.24. The Morgan fingerprint density at radius 2 is 2.17 bits per heavy atom. The van der Waals surface area contributed by atoms with E-state index in [-0.39, 0.29) is 0 Å². The van der Waals surface area contributed by atoms with Crippen molar-refractivity contribution in [1.29, 1.82) is 0 Å². The molecule has 2 unspecified atom stereocenters. The highest BCUT2D eigenvalue weighted by Crippen LogP contribution is 2.28. The number of halogens is 1. The summed E-state index contributed by atoms with van der Waals surface area (Å²) in [5.41, 5.74) is 0. The van der Waals surface area contributed by atoms with E-state index in [9.17, 15) is 0 Å². The summed E-state index contributed by atoms with van der Waals surface area (Å²) in [5.74, 6) is 0.777. The molecule has 0 bridgehead atoms. The Balaban J connectivity index is 2.06. The first kappa shape index (κ1) is 10.8. The van der Waals surface area contributed by atoms with Gasteiger partial charge in [-0.15, -0.1) is 0 Å². The average molecular weight is 282 g/mol. The van der Waals surface area contributed by atoms with Crippen LogP contribution in [0.1, 0.15) is 39.5 Å². The Kier molecular flexibility index (Phi) is 4.87. The van der Waals surface area contributed by atoms with Crippen LogP contribution < -0.4 is 0 Å². The zero-order valence-corrected chi connectivity index (χ0v) is 10.2. The van der Waals surface area contributed by atoms with Gasteiger partial charge in [0, 0.05) is 10.5 Å². The molecule has 1 rings (SSSR count). The average Bonchev–Trinajstić information content (AvgIpc) is 2.36. The molecule has 2 heteroatoms. The largest absolute Gasteiger partial charge is 0.377 e. The normalized spacial score (nSPS) is 30.0. The molecule has 0 N–H and O–H groups in total. The van der Waals surface area contributed by atoms with Gasteiger partial charge in [0.05, 0.1) is 6.10 Å². The molecule has 1 fully saturated rings. The van der Waals surface area contributed by atoms with Gasteiger partial charge in [0.2, 0.25) is 0 Å². The van der Waals surface area contributed by atoms with Gasteiger partial charge in [0.25, 0.3) is 0 Å².